The van der Waals surface area contributed by atoms with Crippen molar-refractivity contribution < 1.29 is 10.2 Å². The second-order valence-electron chi connectivity index (χ2n) is 15.3. The van der Waals surface area contributed by atoms with Gasteiger partial charge in [0, 0.05) is 86.0 Å². The molecule has 298 valence electrons. The highest BCUT2D eigenvalue weighted by molar-refractivity contribution is 5.82. The molecule has 0 saturated carbocycles. The number of aliphatic hydroxyl groups is 2. The Bertz CT molecular complexity index is 2540. The number of aromatic nitrogens is 8. The monoisotopic (exact) mass is 774 g/mol. The van der Waals surface area contributed by atoms with Crippen molar-refractivity contribution in [2.45, 2.75) is 79.4 Å². The summed E-state index contributed by atoms with van der Waals surface area (Å²) in [6.45, 7) is 16.2. The van der Waals surface area contributed by atoms with Crippen molar-refractivity contribution >= 4 is 46.4 Å². The van der Waals surface area contributed by atoms with E-state index in [4.69, 9.17) is 20.2 Å². The lowest BCUT2D eigenvalue weighted by molar-refractivity contribution is 0.186. The van der Waals surface area contributed by atoms with Crippen LogP contribution in [0.25, 0.3) is 46.4 Å². The summed E-state index contributed by atoms with van der Waals surface area (Å²) in [5.74, 6) is 0.721. The molecule has 8 N–H and O–H groups in total. The standard InChI is InChI=1S/C24H22N4.C16H19N3.C8H13NO2/c1-13-17-5-7-19(25-17)14(2)21-9-11-23(27-21)16(4)24-12-10-22(28-24)15(3)20-8-6-18(13)26-20;1-11(13-5-3-9-17-13)15-7-8-16(19-15)12(2)14-6-4-10-18-14;1-5(10)7-3-4-8(9-7)6(2)11/h5-12,25-26H,1-4H3;3-12,17-19H,1-2H3;3-6,9-11H,1-2H3. The van der Waals surface area contributed by atoms with Crippen LogP contribution in [0.2, 0.25) is 0 Å². The molecule has 4 unspecified atom stereocenters. The first-order valence-corrected chi connectivity index (χ1v) is 19.9. The third kappa shape index (κ3) is 8.49. The van der Waals surface area contributed by atoms with Crippen LogP contribution >= 0.6 is 0 Å². The van der Waals surface area contributed by atoms with E-state index < -0.39 is 12.2 Å². The molecule has 2 aliphatic rings. The zero-order chi connectivity index (χ0) is 41.1. The van der Waals surface area contributed by atoms with Crippen molar-refractivity contribution in [3.8, 4) is 0 Å². The maximum absolute atomic E-state index is 9.11. The maximum Gasteiger partial charge on any atom is 0.0909 e. The van der Waals surface area contributed by atoms with Crippen LogP contribution in [0.5, 0.6) is 0 Å². The number of fused-ring (bicyclic) bond motifs is 8. The van der Waals surface area contributed by atoms with Gasteiger partial charge in [-0.15, -0.1) is 0 Å². The van der Waals surface area contributed by atoms with E-state index in [1.54, 1.807) is 26.0 Å². The first-order chi connectivity index (χ1) is 27.9. The molecular formula is C48H54N8O2. The summed E-state index contributed by atoms with van der Waals surface area (Å²) in [6, 6.07) is 24.8. The van der Waals surface area contributed by atoms with Gasteiger partial charge in [-0.25, -0.2) is 9.97 Å². The quantitative estimate of drug-likeness (QED) is 0.0844. The van der Waals surface area contributed by atoms with Crippen molar-refractivity contribution in [1.82, 2.24) is 39.9 Å². The van der Waals surface area contributed by atoms with Gasteiger partial charge in [0.05, 0.1) is 35.0 Å². The van der Waals surface area contributed by atoms with Gasteiger partial charge in [-0.2, -0.15) is 0 Å². The topological polar surface area (TPSA) is 161 Å². The number of hydrogen-bond acceptors (Lipinski definition) is 4. The first kappa shape index (κ1) is 39.9. The van der Waals surface area contributed by atoms with Gasteiger partial charge in [0.2, 0.25) is 0 Å². The number of H-pyrrole nitrogens is 6. The van der Waals surface area contributed by atoms with Crippen LogP contribution < -0.4 is 0 Å². The van der Waals surface area contributed by atoms with E-state index in [-0.39, 0.29) is 0 Å². The number of aryl methyl sites for hydroxylation is 3. The molecule has 7 aromatic heterocycles. The van der Waals surface area contributed by atoms with Crippen LogP contribution in [0.1, 0.15) is 131 Å². The molecule has 9 heterocycles. The molecule has 2 aliphatic heterocycles. The minimum Gasteiger partial charge on any atom is -0.387 e. The average molecular weight is 775 g/mol. The average Bonchev–Trinajstić information content (AvgIpc) is 4.07. The van der Waals surface area contributed by atoms with Crippen molar-refractivity contribution in [3.05, 3.63) is 164 Å². The predicted octanol–water partition coefficient (Wildman–Crippen LogP) is 11.0. The maximum atomic E-state index is 9.11. The second-order valence-corrected chi connectivity index (χ2v) is 15.3. The fourth-order valence-corrected chi connectivity index (χ4v) is 7.19. The van der Waals surface area contributed by atoms with Gasteiger partial charge in [-0.05, 0) is 155 Å². The third-order valence-corrected chi connectivity index (χ3v) is 11.3. The number of rotatable bonds is 6. The van der Waals surface area contributed by atoms with Crippen molar-refractivity contribution in [2.75, 3.05) is 0 Å². The van der Waals surface area contributed by atoms with Crippen LogP contribution in [0.15, 0.2) is 85.2 Å². The largest absolute Gasteiger partial charge is 0.387 e. The molecule has 58 heavy (non-hydrogen) atoms. The van der Waals surface area contributed by atoms with Gasteiger partial charge in [0.25, 0.3) is 0 Å². The molecule has 8 bridgehead atoms. The second kappa shape index (κ2) is 17.0. The number of aromatic amines is 6. The predicted molar refractivity (Wildman–Crippen MR) is 237 cm³/mol. The molecule has 0 saturated heterocycles. The van der Waals surface area contributed by atoms with Crippen LogP contribution in [0, 0.1) is 27.7 Å². The molecule has 0 amide bonds. The Morgan fingerprint density at radius 2 is 0.741 bits per heavy atom. The Hall–Kier alpha value is -6.36. The van der Waals surface area contributed by atoms with E-state index >= 15 is 0 Å². The highest BCUT2D eigenvalue weighted by Crippen LogP contribution is 2.28. The molecule has 9 rings (SSSR count). The molecule has 0 aliphatic carbocycles. The molecule has 7 aromatic rings. The SMILES string of the molecule is CC(O)c1ccc(C(C)O)[nH]1.CC(c1ccc[nH]1)c1ccc(C(C)c2ccc[nH]2)[nH]1.Cc1c2nc(c(C)c3ccc([nH]3)c(C)c3ccc([nH]3)c(C)c3nc1C=C3)C=C2. The van der Waals surface area contributed by atoms with Gasteiger partial charge in [-0.3, -0.25) is 0 Å². The van der Waals surface area contributed by atoms with Gasteiger partial charge < -0.3 is 40.1 Å². The van der Waals surface area contributed by atoms with Gasteiger partial charge in [0.15, 0.2) is 0 Å². The Morgan fingerprint density at radius 1 is 0.397 bits per heavy atom. The van der Waals surface area contributed by atoms with E-state index in [1.165, 1.54) is 28.3 Å². The lowest BCUT2D eigenvalue weighted by atomic mass is 10.1. The van der Waals surface area contributed by atoms with Crippen molar-refractivity contribution in [1.29, 1.82) is 0 Å². The number of aliphatic hydroxyl groups excluding tert-OH is 2. The van der Waals surface area contributed by atoms with Crippen LogP contribution in [-0.2, 0) is 0 Å². The Morgan fingerprint density at radius 3 is 1.09 bits per heavy atom. The molecule has 10 nitrogen and oxygen atoms in total. The fourth-order valence-electron chi connectivity index (χ4n) is 7.19. The minimum atomic E-state index is -0.498. The lowest BCUT2D eigenvalue weighted by Gasteiger charge is -2.10. The fraction of sp³-hybridized carbons (Fsp3) is 0.250. The van der Waals surface area contributed by atoms with Crippen LogP contribution in [0.3, 0.4) is 0 Å². The van der Waals surface area contributed by atoms with E-state index in [1.807, 2.05) is 24.5 Å². The highest BCUT2D eigenvalue weighted by Gasteiger charge is 2.16. The van der Waals surface area contributed by atoms with E-state index in [0.717, 1.165) is 72.9 Å². The molecule has 0 fully saturated rings. The van der Waals surface area contributed by atoms with E-state index in [9.17, 15) is 0 Å². The number of hydrogen-bond donors (Lipinski definition) is 8. The normalized spacial score (nSPS) is 14.0. The molecule has 0 spiro atoms. The summed E-state index contributed by atoms with van der Waals surface area (Å²) in [5.41, 5.74) is 19.3. The lowest BCUT2D eigenvalue weighted by Crippen LogP contribution is -2.00. The third-order valence-electron chi connectivity index (χ3n) is 11.3. The molecular weight excluding hydrogens is 721 g/mol. The summed E-state index contributed by atoms with van der Waals surface area (Å²) in [7, 11) is 0. The summed E-state index contributed by atoms with van der Waals surface area (Å²) in [5, 5.41) is 18.2. The van der Waals surface area contributed by atoms with Gasteiger partial charge in [-0.1, -0.05) is 13.8 Å². The smallest absolute Gasteiger partial charge is 0.0909 e. The zero-order valence-electron chi connectivity index (χ0n) is 34.5. The summed E-state index contributed by atoms with van der Waals surface area (Å²) in [6.07, 6.45) is 11.3. The minimum absolute atomic E-state index is 0.361. The Balaban J connectivity index is 0.000000147. The molecule has 0 aromatic carbocycles. The molecule has 4 atom stereocenters. The molecule has 0 radical (unpaired) electrons. The van der Waals surface area contributed by atoms with Crippen molar-refractivity contribution in [2.24, 2.45) is 0 Å². The number of nitrogens with one attached hydrogen (secondary N) is 6. The highest BCUT2D eigenvalue weighted by atomic mass is 16.3. The number of nitrogens with zero attached hydrogens (tertiary/aromatic N) is 2. The van der Waals surface area contributed by atoms with Crippen LogP contribution in [0.4, 0.5) is 0 Å². The van der Waals surface area contributed by atoms with Gasteiger partial charge in [0.1, 0.15) is 0 Å². The molecule has 10 heteroatoms. The first-order valence-electron chi connectivity index (χ1n) is 19.9. The summed E-state index contributed by atoms with van der Waals surface area (Å²) in [4.78, 5) is 29.9. The van der Waals surface area contributed by atoms with E-state index in [2.05, 4.69) is 144 Å². The summed E-state index contributed by atoms with van der Waals surface area (Å²) < 4.78 is 0. The summed E-state index contributed by atoms with van der Waals surface area (Å²) >= 11 is 0. The van der Waals surface area contributed by atoms with Crippen LogP contribution in [-0.4, -0.2) is 50.1 Å². The Kier molecular flexibility index (Phi) is 11.7. The van der Waals surface area contributed by atoms with Crippen molar-refractivity contribution in [3.63, 3.8) is 0 Å². The van der Waals surface area contributed by atoms with E-state index in [0.29, 0.717) is 11.8 Å². The Labute approximate surface area is 339 Å². The van der Waals surface area contributed by atoms with Gasteiger partial charge >= 0.3 is 0 Å². The zero-order valence-corrected chi connectivity index (χ0v) is 34.5.